The molecule has 0 radical (unpaired) electrons. The SMILES string of the molecule is CS(=O)(=O)NC1CCCN(C(=O)c2cncn2-c2ccccc2)C1. The molecule has 8 heteroatoms. The van der Waals surface area contributed by atoms with Crippen molar-refractivity contribution in [2.45, 2.75) is 18.9 Å². The number of para-hydroxylation sites is 1. The van der Waals surface area contributed by atoms with Gasteiger partial charge in [-0.05, 0) is 25.0 Å². The first-order chi connectivity index (χ1) is 11.4. The van der Waals surface area contributed by atoms with E-state index >= 15 is 0 Å². The molecule has 3 rings (SSSR count). The summed E-state index contributed by atoms with van der Waals surface area (Å²) in [6, 6.07) is 9.28. The van der Waals surface area contributed by atoms with Gasteiger partial charge in [-0.15, -0.1) is 0 Å². The number of nitrogens with zero attached hydrogens (tertiary/aromatic N) is 3. The molecule has 1 saturated heterocycles. The number of rotatable bonds is 4. The fraction of sp³-hybridized carbons (Fsp3) is 0.375. The van der Waals surface area contributed by atoms with E-state index in [0.29, 0.717) is 18.8 Å². The largest absolute Gasteiger partial charge is 0.336 e. The predicted molar refractivity (Wildman–Crippen MR) is 90.5 cm³/mol. The Hall–Kier alpha value is -2.19. The molecule has 128 valence electrons. The summed E-state index contributed by atoms with van der Waals surface area (Å²) in [5.41, 5.74) is 1.34. The normalized spacial score (nSPS) is 18.5. The van der Waals surface area contributed by atoms with Gasteiger partial charge >= 0.3 is 0 Å². The number of imidazole rings is 1. The van der Waals surface area contributed by atoms with Crippen LogP contribution in [0.25, 0.3) is 5.69 Å². The Labute approximate surface area is 141 Å². The first kappa shape index (κ1) is 16.7. The van der Waals surface area contributed by atoms with E-state index in [-0.39, 0.29) is 11.9 Å². The fourth-order valence-corrected chi connectivity index (χ4v) is 3.77. The predicted octanol–water partition coefficient (Wildman–Crippen LogP) is 1.03. The maximum absolute atomic E-state index is 12.9. The van der Waals surface area contributed by atoms with Gasteiger partial charge in [0.25, 0.3) is 5.91 Å². The minimum absolute atomic E-state index is 0.142. The van der Waals surface area contributed by atoms with Crippen LogP contribution in [0.15, 0.2) is 42.9 Å². The molecule has 1 aliphatic rings. The maximum Gasteiger partial charge on any atom is 0.272 e. The summed E-state index contributed by atoms with van der Waals surface area (Å²) in [6.07, 6.45) is 5.78. The number of piperidine rings is 1. The van der Waals surface area contributed by atoms with Crippen LogP contribution in [0, 0.1) is 0 Å². The number of hydrogen-bond donors (Lipinski definition) is 1. The zero-order chi connectivity index (χ0) is 17.2. The lowest BCUT2D eigenvalue weighted by Gasteiger charge is -2.32. The maximum atomic E-state index is 12.9. The lowest BCUT2D eigenvalue weighted by atomic mass is 10.1. The van der Waals surface area contributed by atoms with E-state index in [1.54, 1.807) is 22.0 Å². The van der Waals surface area contributed by atoms with Crippen LogP contribution < -0.4 is 4.72 Å². The highest BCUT2D eigenvalue weighted by Gasteiger charge is 2.27. The number of likely N-dealkylation sites (tertiary alicyclic amines) is 1. The minimum Gasteiger partial charge on any atom is -0.336 e. The Morgan fingerprint density at radius 2 is 2.04 bits per heavy atom. The summed E-state index contributed by atoms with van der Waals surface area (Å²) in [5.74, 6) is -0.142. The van der Waals surface area contributed by atoms with E-state index in [4.69, 9.17) is 0 Å². The zero-order valence-electron chi connectivity index (χ0n) is 13.4. The van der Waals surface area contributed by atoms with Gasteiger partial charge in [-0.2, -0.15) is 0 Å². The fourth-order valence-electron chi connectivity index (χ4n) is 2.97. The second-order valence-corrected chi connectivity index (χ2v) is 7.74. The van der Waals surface area contributed by atoms with Crippen molar-refractivity contribution in [1.82, 2.24) is 19.2 Å². The van der Waals surface area contributed by atoms with E-state index in [1.165, 1.54) is 0 Å². The van der Waals surface area contributed by atoms with Crippen molar-refractivity contribution in [2.75, 3.05) is 19.3 Å². The average Bonchev–Trinajstić information content (AvgIpc) is 3.03. The van der Waals surface area contributed by atoms with Crippen LogP contribution >= 0.6 is 0 Å². The lowest BCUT2D eigenvalue weighted by molar-refractivity contribution is 0.0695. The molecule has 0 aliphatic carbocycles. The number of benzene rings is 1. The monoisotopic (exact) mass is 348 g/mol. The summed E-state index contributed by atoms with van der Waals surface area (Å²) in [6.45, 7) is 0.979. The Kier molecular flexibility index (Phi) is 4.68. The molecule has 2 heterocycles. The molecule has 0 spiro atoms. The highest BCUT2D eigenvalue weighted by atomic mass is 32.2. The quantitative estimate of drug-likeness (QED) is 0.894. The number of aromatic nitrogens is 2. The number of amides is 1. The topological polar surface area (TPSA) is 84.3 Å². The molecule has 1 N–H and O–H groups in total. The molecular weight excluding hydrogens is 328 g/mol. The molecule has 0 bridgehead atoms. The van der Waals surface area contributed by atoms with Crippen molar-refractivity contribution in [2.24, 2.45) is 0 Å². The van der Waals surface area contributed by atoms with Crippen LogP contribution in [-0.2, 0) is 10.0 Å². The third-order valence-corrected chi connectivity index (χ3v) is 4.74. The van der Waals surface area contributed by atoms with Gasteiger partial charge in [0.05, 0.1) is 18.8 Å². The first-order valence-corrected chi connectivity index (χ1v) is 9.67. The van der Waals surface area contributed by atoms with Gasteiger partial charge in [0.15, 0.2) is 0 Å². The number of carbonyl (C=O) groups excluding carboxylic acids is 1. The Balaban J connectivity index is 1.79. The van der Waals surface area contributed by atoms with Crippen molar-refractivity contribution < 1.29 is 13.2 Å². The van der Waals surface area contributed by atoms with Crippen molar-refractivity contribution >= 4 is 15.9 Å². The molecule has 1 aromatic carbocycles. The van der Waals surface area contributed by atoms with Crippen LogP contribution in [0.4, 0.5) is 0 Å². The van der Waals surface area contributed by atoms with Crippen LogP contribution in [0.2, 0.25) is 0 Å². The summed E-state index contributed by atoms with van der Waals surface area (Å²) in [4.78, 5) is 18.6. The minimum atomic E-state index is -3.28. The van der Waals surface area contributed by atoms with Gasteiger partial charge in [-0.25, -0.2) is 18.1 Å². The van der Waals surface area contributed by atoms with Gasteiger partial charge in [-0.1, -0.05) is 18.2 Å². The second-order valence-electron chi connectivity index (χ2n) is 5.96. The van der Waals surface area contributed by atoms with Crippen molar-refractivity contribution in [3.8, 4) is 5.69 Å². The smallest absolute Gasteiger partial charge is 0.272 e. The van der Waals surface area contributed by atoms with Gasteiger partial charge in [0, 0.05) is 24.8 Å². The van der Waals surface area contributed by atoms with Crippen molar-refractivity contribution in [1.29, 1.82) is 0 Å². The van der Waals surface area contributed by atoms with Crippen LogP contribution in [0.1, 0.15) is 23.3 Å². The summed E-state index contributed by atoms with van der Waals surface area (Å²) in [7, 11) is -3.28. The molecule has 2 aromatic rings. The van der Waals surface area contributed by atoms with Crippen LogP contribution in [0.3, 0.4) is 0 Å². The average molecular weight is 348 g/mol. The number of carbonyl (C=O) groups is 1. The van der Waals surface area contributed by atoms with E-state index in [2.05, 4.69) is 9.71 Å². The van der Waals surface area contributed by atoms with Gasteiger partial charge in [0.1, 0.15) is 5.69 Å². The van der Waals surface area contributed by atoms with Crippen LogP contribution in [-0.4, -0.2) is 54.2 Å². The molecule has 1 aliphatic heterocycles. The summed E-state index contributed by atoms with van der Waals surface area (Å²) >= 11 is 0. The number of nitrogens with one attached hydrogen (secondary N) is 1. The van der Waals surface area contributed by atoms with Gasteiger partial charge < -0.3 is 4.90 Å². The van der Waals surface area contributed by atoms with Crippen molar-refractivity contribution in [3.63, 3.8) is 0 Å². The Bertz CT molecular complexity index is 817. The molecule has 7 nitrogen and oxygen atoms in total. The third-order valence-electron chi connectivity index (χ3n) is 3.98. The Morgan fingerprint density at radius 3 is 2.75 bits per heavy atom. The molecule has 1 aromatic heterocycles. The number of sulfonamides is 1. The highest BCUT2D eigenvalue weighted by molar-refractivity contribution is 7.88. The molecular formula is C16H20N4O3S. The highest BCUT2D eigenvalue weighted by Crippen LogP contribution is 2.17. The molecule has 24 heavy (non-hydrogen) atoms. The molecule has 1 unspecified atom stereocenters. The molecule has 1 amide bonds. The number of hydrogen-bond acceptors (Lipinski definition) is 4. The zero-order valence-corrected chi connectivity index (χ0v) is 14.2. The van der Waals surface area contributed by atoms with E-state index in [9.17, 15) is 13.2 Å². The van der Waals surface area contributed by atoms with E-state index in [1.807, 2.05) is 30.3 Å². The summed E-state index contributed by atoms with van der Waals surface area (Å²) < 4.78 is 27.2. The standard InChI is InChI=1S/C16H20N4O3S/c1-24(22,23)18-13-6-5-9-19(11-13)16(21)15-10-17-12-20(15)14-7-3-2-4-8-14/h2-4,7-8,10,12-13,18H,5-6,9,11H2,1H3. The molecule has 1 atom stereocenters. The van der Waals surface area contributed by atoms with Crippen molar-refractivity contribution in [3.05, 3.63) is 48.5 Å². The lowest BCUT2D eigenvalue weighted by Crippen LogP contribution is -2.49. The summed E-state index contributed by atoms with van der Waals surface area (Å²) in [5, 5.41) is 0. The molecule has 1 fully saturated rings. The van der Waals surface area contributed by atoms with Gasteiger partial charge in [0.2, 0.25) is 10.0 Å². The first-order valence-electron chi connectivity index (χ1n) is 7.78. The van der Waals surface area contributed by atoms with Crippen LogP contribution in [0.5, 0.6) is 0 Å². The van der Waals surface area contributed by atoms with E-state index < -0.39 is 10.0 Å². The Morgan fingerprint density at radius 1 is 1.29 bits per heavy atom. The molecule has 0 saturated carbocycles. The third kappa shape index (κ3) is 3.82. The second kappa shape index (κ2) is 6.74. The van der Waals surface area contributed by atoms with E-state index in [0.717, 1.165) is 24.8 Å². The van der Waals surface area contributed by atoms with Gasteiger partial charge in [-0.3, -0.25) is 9.36 Å².